The van der Waals surface area contributed by atoms with Crippen molar-refractivity contribution in [3.63, 3.8) is 0 Å². The van der Waals surface area contributed by atoms with Crippen LogP contribution in [0.3, 0.4) is 0 Å². The van der Waals surface area contributed by atoms with Crippen molar-refractivity contribution in [1.29, 1.82) is 0 Å². The number of ether oxygens (including phenoxy) is 2. The minimum Gasteiger partial charge on any atom is -0.378 e. The Kier molecular flexibility index (Phi) is 9.41. The molecule has 0 radical (unpaired) electrons. The molecule has 2 aliphatic rings. The van der Waals surface area contributed by atoms with E-state index < -0.39 is 0 Å². The molecule has 1 unspecified atom stereocenters. The molecule has 5 nitrogen and oxygen atoms in total. The molecular formula is C18H35N3O2. The number of hydrogen-bond acceptors (Lipinski definition) is 3. The van der Waals surface area contributed by atoms with Crippen LogP contribution in [0.2, 0.25) is 0 Å². The number of guanidine groups is 1. The quantitative estimate of drug-likeness (QED) is 0.389. The Bertz CT molecular complexity index is 324. The number of nitrogens with one attached hydrogen (secondary N) is 2. The fourth-order valence-corrected chi connectivity index (χ4v) is 3.33. The summed E-state index contributed by atoms with van der Waals surface area (Å²) in [6.07, 6.45) is 13.4. The molecule has 1 aliphatic heterocycles. The Labute approximate surface area is 141 Å². The van der Waals surface area contributed by atoms with Crippen molar-refractivity contribution in [1.82, 2.24) is 10.6 Å². The summed E-state index contributed by atoms with van der Waals surface area (Å²) in [6, 6.07) is 0. The summed E-state index contributed by atoms with van der Waals surface area (Å²) in [5, 5.41) is 6.72. The maximum Gasteiger partial charge on any atom is 0.191 e. The normalized spacial score (nSPS) is 23.2. The van der Waals surface area contributed by atoms with E-state index in [0.717, 1.165) is 45.1 Å². The van der Waals surface area contributed by atoms with Gasteiger partial charge in [0.05, 0.1) is 12.2 Å². The van der Waals surface area contributed by atoms with Gasteiger partial charge in [-0.05, 0) is 44.9 Å². The molecule has 2 fully saturated rings. The van der Waals surface area contributed by atoms with Crippen LogP contribution < -0.4 is 10.6 Å². The second kappa shape index (κ2) is 11.7. The third-order valence-electron chi connectivity index (χ3n) is 4.76. The SMILES string of the molecule is CN=C(NCCCCCOC1CCCCC1)NCC1CCCO1. The van der Waals surface area contributed by atoms with Gasteiger partial charge in [0.25, 0.3) is 0 Å². The van der Waals surface area contributed by atoms with Crippen molar-refractivity contribution < 1.29 is 9.47 Å². The molecule has 134 valence electrons. The van der Waals surface area contributed by atoms with Crippen molar-refractivity contribution in [3.05, 3.63) is 0 Å². The lowest BCUT2D eigenvalue weighted by molar-refractivity contribution is 0.0264. The smallest absolute Gasteiger partial charge is 0.191 e. The Hall–Kier alpha value is -0.810. The zero-order chi connectivity index (χ0) is 16.2. The maximum atomic E-state index is 5.96. The van der Waals surface area contributed by atoms with Crippen LogP contribution in [-0.4, -0.2) is 51.5 Å². The average Bonchev–Trinajstić information content (AvgIpc) is 3.11. The van der Waals surface area contributed by atoms with E-state index in [9.17, 15) is 0 Å². The number of unbranched alkanes of at least 4 members (excludes halogenated alkanes) is 2. The maximum absolute atomic E-state index is 5.96. The molecule has 1 atom stereocenters. The second-order valence-electron chi connectivity index (χ2n) is 6.71. The van der Waals surface area contributed by atoms with Crippen molar-refractivity contribution in [2.75, 3.05) is 33.4 Å². The largest absolute Gasteiger partial charge is 0.378 e. The fraction of sp³-hybridized carbons (Fsp3) is 0.944. The first-order chi connectivity index (χ1) is 11.4. The molecule has 2 N–H and O–H groups in total. The van der Waals surface area contributed by atoms with Crippen LogP contribution in [-0.2, 0) is 9.47 Å². The predicted molar refractivity (Wildman–Crippen MR) is 95.0 cm³/mol. The summed E-state index contributed by atoms with van der Waals surface area (Å²) in [7, 11) is 1.82. The van der Waals surface area contributed by atoms with Gasteiger partial charge in [-0.25, -0.2) is 0 Å². The minimum absolute atomic E-state index is 0.352. The van der Waals surface area contributed by atoms with Gasteiger partial charge in [0.15, 0.2) is 5.96 Å². The molecule has 2 rings (SSSR count). The van der Waals surface area contributed by atoms with Gasteiger partial charge in [-0.3, -0.25) is 4.99 Å². The van der Waals surface area contributed by atoms with E-state index in [1.54, 1.807) is 0 Å². The van der Waals surface area contributed by atoms with Gasteiger partial charge in [-0.15, -0.1) is 0 Å². The molecule has 0 aromatic carbocycles. The Morgan fingerprint density at radius 3 is 2.65 bits per heavy atom. The van der Waals surface area contributed by atoms with E-state index in [1.807, 2.05) is 7.05 Å². The average molecular weight is 325 g/mol. The van der Waals surface area contributed by atoms with Crippen LogP contribution in [0.1, 0.15) is 64.2 Å². The first-order valence-corrected chi connectivity index (χ1v) is 9.56. The third kappa shape index (κ3) is 8.02. The molecule has 0 bridgehead atoms. The number of aliphatic imine (C=N–C) groups is 1. The monoisotopic (exact) mass is 325 g/mol. The lowest BCUT2D eigenvalue weighted by Crippen LogP contribution is -2.41. The molecule has 1 saturated heterocycles. The molecular weight excluding hydrogens is 290 g/mol. The van der Waals surface area contributed by atoms with E-state index in [1.165, 1.54) is 51.4 Å². The Morgan fingerprint density at radius 1 is 1.04 bits per heavy atom. The minimum atomic E-state index is 0.352. The first-order valence-electron chi connectivity index (χ1n) is 9.56. The fourth-order valence-electron chi connectivity index (χ4n) is 3.33. The molecule has 23 heavy (non-hydrogen) atoms. The highest BCUT2D eigenvalue weighted by atomic mass is 16.5. The molecule has 1 aliphatic carbocycles. The highest BCUT2D eigenvalue weighted by Crippen LogP contribution is 2.20. The van der Waals surface area contributed by atoms with Crippen LogP contribution in [0.4, 0.5) is 0 Å². The molecule has 0 amide bonds. The number of nitrogens with zero attached hydrogens (tertiary/aromatic N) is 1. The summed E-state index contributed by atoms with van der Waals surface area (Å²) in [6.45, 7) is 3.65. The lowest BCUT2D eigenvalue weighted by atomic mass is 9.98. The molecule has 1 heterocycles. The summed E-state index contributed by atoms with van der Waals surface area (Å²) >= 11 is 0. The van der Waals surface area contributed by atoms with Gasteiger partial charge in [0.1, 0.15) is 0 Å². The number of hydrogen-bond donors (Lipinski definition) is 2. The van der Waals surface area contributed by atoms with E-state index in [0.29, 0.717) is 12.2 Å². The molecule has 0 aromatic heterocycles. The molecule has 0 spiro atoms. The highest BCUT2D eigenvalue weighted by Gasteiger charge is 2.15. The van der Waals surface area contributed by atoms with Gasteiger partial charge >= 0.3 is 0 Å². The van der Waals surface area contributed by atoms with Crippen molar-refractivity contribution in [2.24, 2.45) is 4.99 Å². The van der Waals surface area contributed by atoms with Crippen molar-refractivity contribution in [3.8, 4) is 0 Å². The highest BCUT2D eigenvalue weighted by molar-refractivity contribution is 5.79. The van der Waals surface area contributed by atoms with Crippen LogP contribution >= 0.6 is 0 Å². The van der Waals surface area contributed by atoms with Gasteiger partial charge in [0, 0.05) is 33.4 Å². The van der Waals surface area contributed by atoms with Crippen LogP contribution in [0.15, 0.2) is 4.99 Å². The Morgan fingerprint density at radius 2 is 1.91 bits per heavy atom. The van der Waals surface area contributed by atoms with Crippen molar-refractivity contribution in [2.45, 2.75) is 76.4 Å². The molecule has 1 saturated carbocycles. The summed E-state index contributed by atoms with van der Waals surface area (Å²) in [4.78, 5) is 4.26. The molecule has 5 heteroatoms. The van der Waals surface area contributed by atoms with E-state index in [4.69, 9.17) is 9.47 Å². The van der Waals surface area contributed by atoms with Gasteiger partial charge in [0.2, 0.25) is 0 Å². The zero-order valence-corrected chi connectivity index (χ0v) is 14.8. The summed E-state index contributed by atoms with van der Waals surface area (Å²) in [5.74, 6) is 0.888. The van der Waals surface area contributed by atoms with E-state index in [-0.39, 0.29) is 0 Å². The Balaban J connectivity index is 1.41. The van der Waals surface area contributed by atoms with Gasteiger partial charge in [-0.1, -0.05) is 19.3 Å². The van der Waals surface area contributed by atoms with Crippen LogP contribution in [0.5, 0.6) is 0 Å². The lowest BCUT2D eigenvalue weighted by Gasteiger charge is -2.21. The van der Waals surface area contributed by atoms with Gasteiger partial charge in [-0.2, -0.15) is 0 Å². The third-order valence-corrected chi connectivity index (χ3v) is 4.76. The summed E-state index contributed by atoms with van der Waals surface area (Å²) < 4.78 is 11.6. The summed E-state index contributed by atoms with van der Waals surface area (Å²) in [5.41, 5.74) is 0. The van der Waals surface area contributed by atoms with Crippen LogP contribution in [0, 0.1) is 0 Å². The van der Waals surface area contributed by atoms with E-state index >= 15 is 0 Å². The van der Waals surface area contributed by atoms with Crippen LogP contribution in [0.25, 0.3) is 0 Å². The topological polar surface area (TPSA) is 54.9 Å². The first kappa shape index (κ1) is 18.5. The number of rotatable bonds is 9. The zero-order valence-electron chi connectivity index (χ0n) is 14.8. The molecule has 0 aromatic rings. The standard InChI is InChI=1S/C18H35N3O2/c1-19-18(21-15-17-11-8-14-23-17)20-12-6-3-7-13-22-16-9-4-2-5-10-16/h16-17H,2-15H2,1H3,(H2,19,20,21). The van der Waals surface area contributed by atoms with E-state index in [2.05, 4.69) is 15.6 Å². The predicted octanol–water partition coefficient (Wildman–Crippen LogP) is 2.85. The van der Waals surface area contributed by atoms with Gasteiger partial charge < -0.3 is 20.1 Å². The second-order valence-corrected chi connectivity index (χ2v) is 6.71. The van der Waals surface area contributed by atoms with Crippen molar-refractivity contribution >= 4 is 5.96 Å².